The number of amides is 2. The molecular formula is C10H18N2O3. The Balaban J connectivity index is 3.19. The van der Waals surface area contributed by atoms with E-state index in [9.17, 15) is 14.4 Å². The van der Waals surface area contributed by atoms with E-state index in [0.29, 0.717) is 19.4 Å². The first-order valence-electron chi connectivity index (χ1n) is 5.10. The first kappa shape index (κ1) is 13.6. The van der Waals surface area contributed by atoms with Crippen LogP contribution in [0.3, 0.4) is 0 Å². The van der Waals surface area contributed by atoms with Crippen molar-refractivity contribution in [3.8, 4) is 0 Å². The lowest BCUT2D eigenvalue weighted by atomic mass is 10.1. The number of unbranched alkanes of at least 4 members (excludes halogenated alkanes) is 2. The SMILES string of the molecule is CC(=O)CCCCCNC(=O)CNC=O. The molecule has 0 atom stereocenters. The van der Waals surface area contributed by atoms with Crippen molar-refractivity contribution in [3.63, 3.8) is 0 Å². The molecule has 2 N–H and O–H groups in total. The summed E-state index contributed by atoms with van der Waals surface area (Å²) in [5.74, 6) is 0.0166. The van der Waals surface area contributed by atoms with Gasteiger partial charge in [-0.15, -0.1) is 0 Å². The van der Waals surface area contributed by atoms with Crippen LogP contribution < -0.4 is 10.6 Å². The second-order valence-corrected chi connectivity index (χ2v) is 3.36. The number of hydrogen-bond donors (Lipinski definition) is 2. The third-order valence-electron chi connectivity index (χ3n) is 1.87. The summed E-state index contributed by atoms with van der Waals surface area (Å²) in [6, 6.07) is 0. The van der Waals surface area contributed by atoms with Crippen molar-refractivity contribution in [3.05, 3.63) is 0 Å². The van der Waals surface area contributed by atoms with E-state index in [-0.39, 0.29) is 18.2 Å². The van der Waals surface area contributed by atoms with Gasteiger partial charge in [-0.25, -0.2) is 0 Å². The van der Waals surface area contributed by atoms with Crippen LogP contribution in [0.15, 0.2) is 0 Å². The van der Waals surface area contributed by atoms with Gasteiger partial charge >= 0.3 is 0 Å². The molecule has 5 heteroatoms. The van der Waals surface area contributed by atoms with Crippen molar-refractivity contribution in [2.45, 2.75) is 32.6 Å². The maximum atomic E-state index is 11.0. The predicted molar refractivity (Wildman–Crippen MR) is 56.2 cm³/mol. The van der Waals surface area contributed by atoms with Gasteiger partial charge in [-0.2, -0.15) is 0 Å². The van der Waals surface area contributed by atoms with Gasteiger partial charge in [0.1, 0.15) is 5.78 Å². The van der Waals surface area contributed by atoms with E-state index in [1.165, 1.54) is 0 Å². The lowest BCUT2D eigenvalue weighted by Crippen LogP contribution is -2.33. The van der Waals surface area contributed by atoms with Crippen molar-refractivity contribution >= 4 is 18.1 Å². The maximum absolute atomic E-state index is 11.0. The van der Waals surface area contributed by atoms with Crippen LogP contribution in [0.2, 0.25) is 0 Å². The zero-order valence-corrected chi connectivity index (χ0v) is 9.04. The normalized spacial score (nSPS) is 9.40. The number of Topliss-reactive ketones (excluding diaryl/α,β-unsaturated/α-hetero) is 1. The highest BCUT2D eigenvalue weighted by molar-refractivity contribution is 5.79. The number of carbonyl (C=O) groups is 3. The number of rotatable bonds is 9. The van der Waals surface area contributed by atoms with Crippen LogP contribution in [0, 0.1) is 0 Å². The predicted octanol–water partition coefficient (Wildman–Crippen LogP) is -0.00200. The average molecular weight is 214 g/mol. The molecule has 0 saturated carbocycles. The Hall–Kier alpha value is -1.39. The monoisotopic (exact) mass is 214 g/mol. The molecule has 0 bridgehead atoms. The van der Waals surface area contributed by atoms with Crippen LogP contribution in [0.25, 0.3) is 0 Å². The standard InChI is InChI=1S/C10H18N2O3/c1-9(14)5-3-2-4-6-12-10(15)7-11-8-13/h8H,2-7H2,1H3,(H,11,13)(H,12,15). The summed E-state index contributed by atoms with van der Waals surface area (Å²) in [6.45, 7) is 2.20. The molecule has 0 aromatic rings. The Morgan fingerprint density at radius 1 is 1.20 bits per heavy atom. The third-order valence-corrected chi connectivity index (χ3v) is 1.87. The van der Waals surface area contributed by atoms with Gasteiger partial charge in [-0.1, -0.05) is 6.42 Å². The van der Waals surface area contributed by atoms with E-state index in [1.807, 2.05) is 0 Å². The van der Waals surface area contributed by atoms with E-state index in [4.69, 9.17) is 0 Å². The smallest absolute Gasteiger partial charge is 0.239 e. The molecule has 0 aromatic carbocycles. The summed E-state index contributed by atoms with van der Waals surface area (Å²) in [5, 5.41) is 4.94. The van der Waals surface area contributed by atoms with Crippen molar-refractivity contribution in [2.24, 2.45) is 0 Å². The van der Waals surface area contributed by atoms with Crippen LogP contribution in [-0.2, 0) is 14.4 Å². The molecule has 86 valence electrons. The van der Waals surface area contributed by atoms with Gasteiger partial charge in [0.15, 0.2) is 0 Å². The fourth-order valence-electron chi connectivity index (χ4n) is 1.10. The lowest BCUT2D eigenvalue weighted by Gasteiger charge is -2.03. The fourth-order valence-corrected chi connectivity index (χ4v) is 1.10. The average Bonchev–Trinajstić information content (AvgIpc) is 2.19. The molecule has 0 aromatic heterocycles. The molecule has 0 aliphatic carbocycles. The van der Waals surface area contributed by atoms with Crippen LogP contribution >= 0.6 is 0 Å². The molecule has 0 unspecified atom stereocenters. The van der Waals surface area contributed by atoms with Crippen LogP contribution in [0.5, 0.6) is 0 Å². The van der Waals surface area contributed by atoms with Gasteiger partial charge in [0.2, 0.25) is 12.3 Å². The van der Waals surface area contributed by atoms with Gasteiger partial charge in [-0.05, 0) is 19.8 Å². The quantitative estimate of drug-likeness (QED) is 0.419. The summed E-state index contributed by atoms with van der Waals surface area (Å²) in [4.78, 5) is 31.4. The molecular weight excluding hydrogens is 196 g/mol. The number of nitrogens with one attached hydrogen (secondary N) is 2. The minimum Gasteiger partial charge on any atom is -0.355 e. The summed E-state index contributed by atoms with van der Waals surface area (Å²) in [5.41, 5.74) is 0. The molecule has 0 rings (SSSR count). The van der Waals surface area contributed by atoms with Crippen LogP contribution in [0.1, 0.15) is 32.6 Å². The second-order valence-electron chi connectivity index (χ2n) is 3.36. The summed E-state index contributed by atoms with van der Waals surface area (Å²) in [6.07, 6.45) is 3.77. The first-order chi connectivity index (χ1) is 7.16. The van der Waals surface area contributed by atoms with E-state index >= 15 is 0 Å². The Morgan fingerprint density at radius 2 is 1.93 bits per heavy atom. The largest absolute Gasteiger partial charge is 0.355 e. The summed E-state index contributed by atoms with van der Waals surface area (Å²) in [7, 11) is 0. The minimum absolute atomic E-state index is 0.0247. The molecule has 0 aliphatic heterocycles. The van der Waals surface area contributed by atoms with Crippen molar-refractivity contribution in [1.82, 2.24) is 10.6 Å². The van der Waals surface area contributed by atoms with Gasteiger partial charge in [-0.3, -0.25) is 9.59 Å². The van der Waals surface area contributed by atoms with Crippen molar-refractivity contribution in [1.29, 1.82) is 0 Å². The third kappa shape index (κ3) is 10.5. The number of hydrogen-bond acceptors (Lipinski definition) is 3. The van der Waals surface area contributed by atoms with Gasteiger partial charge in [0.05, 0.1) is 6.54 Å². The van der Waals surface area contributed by atoms with E-state index < -0.39 is 0 Å². The Bertz CT molecular complexity index is 217. The Labute approximate surface area is 89.6 Å². The van der Waals surface area contributed by atoms with E-state index in [2.05, 4.69) is 10.6 Å². The number of carbonyl (C=O) groups excluding carboxylic acids is 3. The molecule has 0 fully saturated rings. The molecule has 2 amide bonds. The highest BCUT2D eigenvalue weighted by atomic mass is 16.2. The lowest BCUT2D eigenvalue weighted by molar-refractivity contribution is -0.122. The molecule has 0 spiro atoms. The van der Waals surface area contributed by atoms with E-state index in [1.54, 1.807) is 6.92 Å². The topological polar surface area (TPSA) is 75.3 Å². The van der Waals surface area contributed by atoms with Crippen LogP contribution in [-0.4, -0.2) is 31.2 Å². The Morgan fingerprint density at radius 3 is 2.53 bits per heavy atom. The zero-order valence-electron chi connectivity index (χ0n) is 9.04. The molecule has 0 heterocycles. The molecule has 15 heavy (non-hydrogen) atoms. The molecule has 5 nitrogen and oxygen atoms in total. The van der Waals surface area contributed by atoms with Gasteiger partial charge < -0.3 is 15.4 Å². The summed E-state index contributed by atoms with van der Waals surface area (Å²) >= 11 is 0. The molecule has 0 radical (unpaired) electrons. The Kier molecular flexibility index (Phi) is 8.33. The summed E-state index contributed by atoms with van der Waals surface area (Å²) < 4.78 is 0. The van der Waals surface area contributed by atoms with Crippen molar-refractivity contribution < 1.29 is 14.4 Å². The maximum Gasteiger partial charge on any atom is 0.239 e. The van der Waals surface area contributed by atoms with Gasteiger partial charge in [0.25, 0.3) is 0 Å². The highest BCUT2D eigenvalue weighted by Crippen LogP contribution is 1.98. The highest BCUT2D eigenvalue weighted by Gasteiger charge is 1.98. The zero-order chi connectivity index (χ0) is 11.5. The minimum atomic E-state index is -0.186. The van der Waals surface area contributed by atoms with Gasteiger partial charge in [0, 0.05) is 13.0 Å². The van der Waals surface area contributed by atoms with Crippen LogP contribution in [0.4, 0.5) is 0 Å². The van der Waals surface area contributed by atoms with E-state index in [0.717, 1.165) is 19.3 Å². The van der Waals surface area contributed by atoms with Crippen molar-refractivity contribution in [2.75, 3.05) is 13.1 Å². The first-order valence-corrected chi connectivity index (χ1v) is 5.10. The molecule has 0 aliphatic rings. The molecule has 0 saturated heterocycles. The number of ketones is 1. The second kappa shape index (κ2) is 9.18. The fraction of sp³-hybridized carbons (Fsp3) is 0.700.